The second-order valence-corrected chi connectivity index (χ2v) is 1.81. The van der Waals surface area contributed by atoms with Crippen LogP contribution in [0.3, 0.4) is 0 Å². The summed E-state index contributed by atoms with van der Waals surface area (Å²) in [6, 6.07) is 0. The minimum absolute atomic E-state index is 0. The van der Waals surface area contributed by atoms with Crippen LogP contribution >= 0.6 is 0 Å². The van der Waals surface area contributed by atoms with Crippen LogP contribution in [0.1, 0.15) is 13.8 Å². The van der Waals surface area contributed by atoms with Crippen molar-refractivity contribution in [1.29, 1.82) is 0 Å². The molecule has 0 saturated heterocycles. The van der Waals surface area contributed by atoms with Crippen LogP contribution < -0.4 is 0 Å². The van der Waals surface area contributed by atoms with E-state index in [1.54, 1.807) is 13.8 Å². The van der Waals surface area contributed by atoms with Gasteiger partial charge in [-0.3, -0.25) is 0 Å². The third kappa shape index (κ3) is 173. The molecule has 0 unspecified atom stereocenters. The van der Waals surface area contributed by atoms with Gasteiger partial charge in [-0.2, -0.15) is 0 Å². The first-order chi connectivity index (χ1) is 2.00. The summed E-state index contributed by atoms with van der Waals surface area (Å²) in [5.41, 5.74) is -0.750. The van der Waals surface area contributed by atoms with Crippen molar-refractivity contribution in [2.75, 3.05) is 0 Å². The van der Waals surface area contributed by atoms with Crippen molar-refractivity contribution >= 4 is 0 Å². The standard InChI is InChI=1S/C4H9O.Zn/c1-4(2,3)5;/h5H,1H2,2-3H3;. The molecule has 0 aliphatic heterocycles. The minimum atomic E-state index is -0.750. The number of aliphatic hydroxyl groups is 1. The average Bonchev–Trinajstić information content (AvgIpc) is 0.722. The van der Waals surface area contributed by atoms with Crippen LogP contribution in [0.5, 0.6) is 0 Å². The van der Waals surface area contributed by atoms with Crippen molar-refractivity contribution in [2.24, 2.45) is 0 Å². The molecular formula is C4H9OZn. The van der Waals surface area contributed by atoms with Crippen LogP contribution in [0.4, 0.5) is 0 Å². The van der Waals surface area contributed by atoms with Crippen molar-refractivity contribution in [1.82, 2.24) is 0 Å². The van der Waals surface area contributed by atoms with Gasteiger partial charge in [0.25, 0.3) is 0 Å². The molecule has 0 bridgehead atoms. The van der Waals surface area contributed by atoms with E-state index in [4.69, 9.17) is 5.11 Å². The molecule has 0 atom stereocenters. The molecule has 0 aromatic heterocycles. The maximum atomic E-state index is 8.41. The predicted molar refractivity (Wildman–Crippen MR) is 21.7 cm³/mol. The van der Waals surface area contributed by atoms with E-state index >= 15 is 0 Å². The number of hydrogen-bond donors (Lipinski definition) is 1. The van der Waals surface area contributed by atoms with Gasteiger partial charge in [0, 0.05) is 19.5 Å². The van der Waals surface area contributed by atoms with Gasteiger partial charge in [-0.05, 0) is 20.8 Å². The van der Waals surface area contributed by atoms with Crippen LogP contribution in [-0.4, -0.2) is 10.7 Å². The van der Waals surface area contributed by atoms with Gasteiger partial charge in [-0.1, -0.05) is 0 Å². The Kier molecular flexibility index (Phi) is 4.41. The zero-order valence-corrected chi connectivity index (χ0v) is 7.33. The van der Waals surface area contributed by atoms with Crippen LogP contribution in [0.15, 0.2) is 0 Å². The molecule has 0 fully saturated rings. The molecule has 0 aliphatic carbocycles. The van der Waals surface area contributed by atoms with Crippen LogP contribution in [-0.2, 0) is 19.5 Å². The smallest absolute Gasteiger partial charge is 0.0592 e. The monoisotopic (exact) mass is 137 g/mol. The van der Waals surface area contributed by atoms with Crippen molar-refractivity contribution in [3.8, 4) is 0 Å². The van der Waals surface area contributed by atoms with Crippen molar-refractivity contribution in [3.63, 3.8) is 0 Å². The summed E-state index contributed by atoms with van der Waals surface area (Å²) >= 11 is 0. The maximum absolute atomic E-state index is 8.41. The Morgan fingerprint density at radius 1 is 1.50 bits per heavy atom. The molecule has 0 amide bonds. The van der Waals surface area contributed by atoms with E-state index in [2.05, 4.69) is 6.92 Å². The van der Waals surface area contributed by atoms with Gasteiger partial charge in [0.2, 0.25) is 0 Å². The van der Waals surface area contributed by atoms with E-state index in [0.29, 0.717) is 0 Å². The maximum Gasteiger partial charge on any atom is 0.0592 e. The zero-order valence-electron chi connectivity index (χ0n) is 4.36. The molecule has 0 rings (SSSR count). The third-order valence-electron chi connectivity index (χ3n) is 0. The Morgan fingerprint density at radius 3 is 1.50 bits per heavy atom. The van der Waals surface area contributed by atoms with Crippen LogP contribution in [0, 0.1) is 6.92 Å². The topological polar surface area (TPSA) is 20.2 Å². The quantitative estimate of drug-likeness (QED) is 0.486. The summed E-state index contributed by atoms with van der Waals surface area (Å²) in [6.45, 7) is 6.59. The Hall–Kier alpha value is 0.583. The van der Waals surface area contributed by atoms with E-state index in [-0.39, 0.29) is 19.5 Å². The fourth-order valence-corrected chi connectivity index (χ4v) is 0. The third-order valence-corrected chi connectivity index (χ3v) is 0. The molecule has 0 saturated carbocycles. The van der Waals surface area contributed by atoms with E-state index in [0.717, 1.165) is 0 Å². The first kappa shape index (κ1) is 9.77. The average molecular weight is 139 g/mol. The van der Waals surface area contributed by atoms with Gasteiger partial charge in [-0.25, -0.2) is 0 Å². The first-order valence-electron chi connectivity index (χ1n) is 1.58. The minimum Gasteiger partial charge on any atom is -0.390 e. The summed E-state index contributed by atoms with van der Waals surface area (Å²) in [4.78, 5) is 0. The SMILES string of the molecule is [CH2]C(C)(C)O.[Zn]. The molecule has 6 heavy (non-hydrogen) atoms. The van der Waals surface area contributed by atoms with Crippen LogP contribution in [0.25, 0.3) is 0 Å². The summed E-state index contributed by atoms with van der Waals surface area (Å²) in [5.74, 6) is 0. The Morgan fingerprint density at radius 2 is 1.50 bits per heavy atom. The summed E-state index contributed by atoms with van der Waals surface area (Å²) in [6.07, 6.45) is 0. The molecule has 1 nitrogen and oxygen atoms in total. The molecule has 0 heterocycles. The molecule has 0 aliphatic rings. The molecule has 0 aromatic rings. The van der Waals surface area contributed by atoms with E-state index in [9.17, 15) is 0 Å². The zero-order chi connectivity index (χ0) is 4.50. The Bertz CT molecular complexity index is 23.0. The van der Waals surface area contributed by atoms with Gasteiger partial charge in [0.15, 0.2) is 0 Å². The molecule has 2 heteroatoms. The Balaban J connectivity index is 0. The van der Waals surface area contributed by atoms with Gasteiger partial charge in [-0.15, -0.1) is 0 Å². The van der Waals surface area contributed by atoms with Gasteiger partial charge in [0.1, 0.15) is 0 Å². The van der Waals surface area contributed by atoms with Crippen molar-refractivity contribution < 1.29 is 24.6 Å². The summed E-state index contributed by atoms with van der Waals surface area (Å²) in [5, 5.41) is 8.41. The van der Waals surface area contributed by atoms with Crippen molar-refractivity contribution in [3.05, 3.63) is 6.92 Å². The van der Waals surface area contributed by atoms with E-state index < -0.39 is 5.60 Å². The summed E-state index contributed by atoms with van der Waals surface area (Å²) in [7, 11) is 0. The Labute approximate surface area is 51.5 Å². The summed E-state index contributed by atoms with van der Waals surface area (Å²) < 4.78 is 0. The second-order valence-electron chi connectivity index (χ2n) is 1.81. The first-order valence-corrected chi connectivity index (χ1v) is 1.58. The van der Waals surface area contributed by atoms with E-state index in [1.807, 2.05) is 0 Å². The van der Waals surface area contributed by atoms with Gasteiger partial charge < -0.3 is 5.11 Å². The second kappa shape index (κ2) is 2.71. The van der Waals surface area contributed by atoms with Gasteiger partial charge >= 0.3 is 0 Å². The molecule has 1 N–H and O–H groups in total. The normalized spacial score (nSPS) is 10.0. The molecule has 1 radical (unpaired) electrons. The number of rotatable bonds is 0. The predicted octanol–water partition coefficient (Wildman–Crippen LogP) is 0.589. The molecule has 33 valence electrons. The molecule has 0 aromatic carbocycles. The van der Waals surface area contributed by atoms with Crippen molar-refractivity contribution in [2.45, 2.75) is 19.4 Å². The number of hydrogen-bond acceptors (Lipinski definition) is 1. The fraction of sp³-hybridized carbons (Fsp3) is 0.750. The largest absolute Gasteiger partial charge is 0.390 e. The molecule has 0 spiro atoms. The fourth-order valence-electron chi connectivity index (χ4n) is 0. The molecular weight excluding hydrogens is 129 g/mol. The van der Waals surface area contributed by atoms with E-state index in [1.165, 1.54) is 0 Å². The van der Waals surface area contributed by atoms with Crippen LogP contribution in [0.2, 0.25) is 0 Å². The van der Waals surface area contributed by atoms with Gasteiger partial charge in [0.05, 0.1) is 5.60 Å².